The van der Waals surface area contributed by atoms with Gasteiger partial charge in [-0.25, -0.2) is 0 Å². The molecule has 0 aliphatic heterocycles. The fraction of sp³-hybridized carbons (Fsp3) is 0. The number of benzene rings is 1. The third kappa shape index (κ3) is 1.00. The maximum Gasteiger partial charge on any atom is 0.141 e. The Morgan fingerprint density at radius 1 is 1.30 bits per heavy atom. The van der Waals surface area contributed by atoms with Crippen molar-refractivity contribution in [3.05, 3.63) is 12.1 Å². The Kier molecular flexibility index (Phi) is 1.45. The van der Waals surface area contributed by atoms with Gasteiger partial charge in [0.05, 0.1) is 5.69 Å². The maximum atomic E-state index is 8.92. The lowest BCUT2D eigenvalue weighted by Gasteiger charge is -2.02. The van der Waals surface area contributed by atoms with Gasteiger partial charge in [-0.2, -0.15) is 0 Å². The van der Waals surface area contributed by atoms with Crippen LogP contribution in [-0.2, 0) is 0 Å². The average Bonchev–Trinajstić information content (AvgIpc) is 1.82. The highest BCUT2D eigenvalue weighted by molar-refractivity contribution is 6.36. The molecule has 0 saturated carbocycles. The van der Waals surface area contributed by atoms with Crippen LogP contribution in [0.3, 0.4) is 0 Å². The second kappa shape index (κ2) is 2.13. The quantitative estimate of drug-likeness (QED) is 0.194. The molecule has 1 aromatic rings. The summed E-state index contributed by atoms with van der Waals surface area (Å²) in [5.41, 5.74) is 5.54. The fourth-order valence-electron chi connectivity index (χ4n) is 0.644. The summed E-state index contributed by atoms with van der Waals surface area (Å²) in [4.78, 5) is 0. The number of aromatic hydroxyl groups is 2. The van der Waals surface area contributed by atoms with Crippen LogP contribution in [0.5, 0.6) is 11.5 Å². The minimum Gasteiger partial charge on any atom is -0.508 e. The molecular formula is C6H6BNO2. The van der Waals surface area contributed by atoms with E-state index in [0.29, 0.717) is 0 Å². The summed E-state index contributed by atoms with van der Waals surface area (Å²) >= 11 is 0. The van der Waals surface area contributed by atoms with Gasteiger partial charge in [-0.3, -0.25) is 0 Å². The molecule has 50 valence electrons. The van der Waals surface area contributed by atoms with Crippen LogP contribution >= 0.6 is 0 Å². The number of phenolic OH excluding ortho intramolecular Hbond substituents is 2. The minimum absolute atomic E-state index is 0.0933. The lowest BCUT2D eigenvalue weighted by molar-refractivity contribution is 0.453. The van der Waals surface area contributed by atoms with Gasteiger partial charge in [-0.05, 0) is 6.07 Å². The van der Waals surface area contributed by atoms with Crippen molar-refractivity contribution in [2.75, 3.05) is 5.73 Å². The maximum absolute atomic E-state index is 8.92. The highest BCUT2D eigenvalue weighted by atomic mass is 16.3. The molecule has 0 aliphatic rings. The number of phenols is 2. The summed E-state index contributed by atoms with van der Waals surface area (Å²) in [6, 6.07) is 2.40. The number of nitrogens with two attached hydrogens (primary N) is 1. The predicted octanol–water partition coefficient (Wildman–Crippen LogP) is -0.526. The number of rotatable bonds is 0. The molecule has 2 radical (unpaired) electrons. The summed E-state index contributed by atoms with van der Waals surface area (Å²) in [6.45, 7) is 0. The van der Waals surface area contributed by atoms with Crippen LogP contribution in [-0.4, -0.2) is 18.1 Å². The molecule has 0 unspecified atom stereocenters. The molecule has 4 N–H and O–H groups in total. The van der Waals surface area contributed by atoms with E-state index in [1.165, 1.54) is 6.07 Å². The van der Waals surface area contributed by atoms with E-state index in [9.17, 15) is 0 Å². The van der Waals surface area contributed by atoms with Crippen molar-refractivity contribution in [2.24, 2.45) is 0 Å². The normalized spacial score (nSPS) is 9.60. The molecule has 0 bridgehead atoms. The highest BCUT2D eigenvalue weighted by Gasteiger charge is 2.00. The topological polar surface area (TPSA) is 66.5 Å². The van der Waals surface area contributed by atoms with Crippen molar-refractivity contribution in [3.63, 3.8) is 0 Å². The fourth-order valence-corrected chi connectivity index (χ4v) is 0.644. The van der Waals surface area contributed by atoms with Crippen molar-refractivity contribution in [1.82, 2.24) is 0 Å². The van der Waals surface area contributed by atoms with Crippen molar-refractivity contribution in [2.45, 2.75) is 0 Å². The van der Waals surface area contributed by atoms with Crippen LogP contribution in [0.2, 0.25) is 0 Å². The van der Waals surface area contributed by atoms with Gasteiger partial charge in [0.15, 0.2) is 0 Å². The van der Waals surface area contributed by atoms with Crippen molar-refractivity contribution < 1.29 is 10.2 Å². The summed E-state index contributed by atoms with van der Waals surface area (Å²) in [6.07, 6.45) is 0. The molecule has 0 fully saturated rings. The second-order valence-corrected chi connectivity index (χ2v) is 1.97. The summed E-state index contributed by atoms with van der Waals surface area (Å²) < 4.78 is 0. The molecule has 0 atom stereocenters. The number of anilines is 1. The van der Waals surface area contributed by atoms with E-state index in [4.69, 9.17) is 23.8 Å². The molecule has 1 rings (SSSR count). The van der Waals surface area contributed by atoms with E-state index < -0.39 is 0 Å². The Morgan fingerprint density at radius 3 is 2.40 bits per heavy atom. The third-order valence-corrected chi connectivity index (χ3v) is 1.17. The van der Waals surface area contributed by atoms with E-state index in [-0.39, 0.29) is 22.6 Å². The second-order valence-electron chi connectivity index (χ2n) is 1.97. The zero-order chi connectivity index (χ0) is 7.72. The van der Waals surface area contributed by atoms with Gasteiger partial charge in [0, 0.05) is 6.07 Å². The third-order valence-electron chi connectivity index (χ3n) is 1.17. The van der Waals surface area contributed by atoms with E-state index in [1.807, 2.05) is 0 Å². The minimum atomic E-state index is -0.197. The van der Waals surface area contributed by atoms with Crippen molar-refractivity contribution in [1.29, 1.82) is 0 Å². The first-order chi connectivity index (χ1) is 4.61. The van der Waals surface area contributed by atoms with Crippen LogP contribution in [0, 0.1) is 0 Å². The molecule has 1 aromatic carbocycles. The first-order valence-electron chi connectivity index (χ1n) is 2.68. The molecular weight excluding hydrogens is 129 g/mol. The molecule has 0 aliphatic carbocycles. The zero-order valence-electron chi connectivity index (χ0n) is 5.20. The highest BCUT2D eigenvalue weighted by Crippen LogP contribution is 2.21. The van der Waals surface area contributed by atoms with Gasteiger partial charge in [0.1, 0.15) is 19.3 Å². The molecule has 0 spiro atoms. The molecule has 0 amide bonds. The smallest absolute Gasteiger partial charge is 0.141 e. The van der Waals surface area contributed by atoms with Crippen LogP contribution in [0.1, 0.15) is 0 Å². The molecule has 0 saturated heterocycles. The van der Waals surface area contributed by atoms with Crippen LogP contribution in [0.4, 0.5) is 5.69 Å². The Balaban J connectivity index is 3.31. The standard InChI is InChI=1S/C6H6BNO2/c7-4-1-3(9)2-5(10)6(4)8/h1-2,9-10H,8H2. The molecule has 4 heteroatoms. The van der Waals surface area contributed by atoms with Gasteiger partial charge in [-0.15, -0.1) is 0 Å². The van der Waals surface area contributed by atoms with Crippen LogP contribution in [0.15, 0.2) is 12.1 Å². The number of nitrogen functional groups attached to an aromatic ring is 1. The van der Waals surface area contributed by atoms with Gasteiger partial charge >= 0.3 is 0 Å². The monoisotopic (exact) mass is 135 g/mol. The summed E-state index contributed by atoms with van der Waals surface area (Å²) in [5, 5.41) is 17.7. The zero-order valence-corrected chi connectivity index (χ0v) is 5.20. The lowest BCUT2D eigenvalue weighted by Crippen LogP contribution is -2.08. The Morgan fingerprint density at radius 2 is 1.90 bits per heavy atom. The molecule has 3 nitrogen and oxygen atoms in total. The van der Waals surface area contributed by atoms with Gasteiger partial charge in [-0.1, -0.05) is 5.46 Å². The molecule has 0 heterocycles. The Hall–Kier alpha value is -1.32. The first-order valence-corrected chi connectivity index (χ1v) is 2.68. The first kappa shape index (κ1) is 6.80. The van der Waals surface area contributed by atoms with Gasteiger partial charge in [0.25, 0.3) is 0 Å². The number of hydrogen-bond donors (Lipinski definition) is 3. The van der Waals surface area contributed by atoms with E-state index >= 15 is 0 Å². The summed E-state index contributed by atoms with van der Waals surface area (Å²) in [5.74, 6) is -0.290. The predicted molar refractivity (Wildman–Crippen MR) is 39.6 cm³/mol. The Bertz CT molecular complexity index is 239. The van der Waals surface area contributed by atoms with Crippen molar-refractivity contribution in [3.8, 4) is 11.5 Å². The van der Waals surface area contributed by atoms with E-state index in [2.05, 4.69) is 0 Å². The van der Waals surface area contributed by atoms with Gasteiger partial charge in [0.2, 0.25) is 0 Å². The Labute approximate surface area is 59.5 Å². The van der Waals surface area contributed by atoms with Crippen molar-refractivity contribution >= 4 is 19.0 Å². The molecule has 10 heavy (non-hydrogen) atoms. The lowest BCUT2D eigenvalue weighted by atomic mass is 9.93. The summed E-state index contributed by atoms with van der Waals surface area (Å²) in [7, 11) is 5.28. The SMILES string of the molecule is [B]c1cc(O)cc(O)c1N. The average molecular weight is 135 g/mol. The number of hydrogen-bond acceptors (Lipinski definition) is 3. The van der Waals surface area contributed by atoms with E-state index in [0.717, 1.165) is 6.07 Å². The van der Waals surface area contributed by atoms with Gasteiger partial charge < -0.3 is 15.9 Å². The van der Waals surface area contributed by atoms with Crippen LogP contribution in [0.25, 0.3) is 0 Å². The van der Waals surface area contributed by atoms with E-state index in [1.54, 1.807) is 0 Å². The van der Waals surface area contributed by atoms with Crippen LogP contribution < -0.4 is 11.2 Å². The molecule has 0 aromatic heterocycles. The largest absolute Gasteiger partial charge is 0.508 e.